The van der Waals surface area contributed by atoms with Crippen LogP contribution < -0.4 is 57.2 Å². The fourth-order valence-corrected chi connectivity index (χ4v) is 11.9. The van der Waals surface area contributed by atoms with Crippen LogP contribution in [0.2, 0.25) is 0 Å². The molecule has 37 nitrogen and oxygen atoms in total. The predicted molar refractivity (Wildman–Crippen MR) is 337 cm³/mol. The molecule has 5 saturated heterocycles. The lowest BCUT2D eigenvalue weighted by atomic mass is 9.93. The normalized spacial score (nSPS) is 30.9. The van der Waals surface area contributed by atoms with E-state index in [9.17, 15) is 90.4 Å². The van der Waals surface area contributed by atoms with Gasteiger partial charge in [-0.05, 0) is 47.9 Å². The summed E-state index contributed by atoms with van der Waals surface area (Å²) in [5.41, 5.74) is 8.06. The highest BCUT2D eigenvalue weighted by Gasteiger charge is 2.54. The van der Waals surface area contributed by atoms with Crippen molar-refractivity contribution in [3.63, 3.8) is 0 Å². The van der Waals surface area contributed by atoms with E-state index in [1.165, 1.54) is 37.7 Å². The van der Waals surface area contributed by atoms with Gasteiger partial charge in [0.2, 0.25) is 36.2 Å². The Morgan fingerprint density at radius 2 is 1.32 bits per heavy atom. The summed E-state index contributed by atoms with van der Waals surface area (Å²) in [4.78, 5) is 70.9. The number of guanidine groups is 2. The van der Waals surface area contributed by atoms with Gasteiger partial charge in [0, 0.05) is 25.4 Å². The van der Waals surface area contributed by atoms with Crippen LogP contribution in [0.4, 0.5) is 0 Å². The molecule has 5 aliphatic rings. The van der Waals surface area contributed by atoms with Gasteiger partial charge >= 0.3 is 0 Å². The minimum atomic E-state index is -2.30. The van der Waals surface area contributed by atoms with E-state index in [1.54, 1.807) is 62.4 Å². The monoisotopic (exact) mass is 1400 g/mol. The molecule has 99 heavy (non-hydrogen) atoms. The van der Waals surface area contributed by atoms with Crippen molar-refractivity contribution in [3.8, 4) is 17.2 Å². The summed E-state index contributed by atoms with van der Waals surface area (Å²) in [7, 11) is 1.49. The Morgan fingerprint density at radius 3 is 1.96 bits per heavy atom. The van der Waals surface area contributed by atoms with Gasteiger partial charge in [-0.2, -0.15) is 0 Å². The fourth-order valence-electron chi connectivity index (χ4n) is 11.9. The maximum absolute atomic E-state index is 15.0. The van der Waals surface area contributed by atoms with E-state index in [0.717, 1.165) is 4.90 Å². The molecular formula is C62H88N11O26. The van der Waals surface area contributed by atoms with Gasteiger partial charge < -0.3 is 152 Å². The zero-order chi connectivity index (χ0) is 72.1. The maximum Gasteiger partial charge on any atom is 0.246 e. The molecule has 0 saturated carbocycles. The molecule has 5 heterocycles. The molecule has 3 aromatic carbocycles. The van der Waals surface area contributed by atoms with Crippen molar-refractivity contribution in [1.82, 2.24) is 42.1 Å². The Bertz CT molecular complexity index is 3190. The van der Waals surface area contributed by atoms with Crippen LogP contribution in [0.15, 0.2) is 72.8 Å². The number of carbonyl (C=O) groups is 4. The number of aliphatic hydroxyl groups excluding tert-OH is 13. The van der Waals surface area contributed by atoms with E-state index in [1.807, 2.05) is 0 Å². The molecular weight excluding hydrogens is 1310 g/mol. The predicted octanol–water partition coefficient (Wildman–Crippen LogP) is -9.74. The van der Waals surface area contributed by atoms with E-state index in [0.29, 0.717) is 29.2 Å². The molecule has 0 aromatic heterocycles. The van der Waals surface area contributed by atoms with E-state index in [2.05, 4.69) is 37.2 Å². The van der Waals surface area contributed by atoms with Crippen LogP contribution in [0, 0.1) is 10.8 Å². The number of methoxy groups -OCH3 is 1. The van der Waals surface area contributed by atoms with Gasteiger partial charge in [0.1, 0.15) is 115 Å². The van der Waals surface area contributed by atoms with Crippen LogP contribution in [0.25, 0.3) is 0 Å². The lowest BCUT2D eigenvalue weighted by Gasteiger charge is -2.46. The number of rotatable bonds is 32. The van der Waals surface area contributed by atoms with Gasteiger partial charge in [0.15, 0.2) is 35.9 Å². The van der Waals surface area contributed by atoms with E-state index in [-0.39, 0.29) is 37.0 Å². The van der Waals surface area contributed by atoms with Crippen molar-refractivity contribution in [1.29, 1.82) is 10.8 Å². The number of hydrogen-bond acceptors (Lipinski definition) is 29. The minimum Gasteiger partial charge on any atom is -0.493 e. The third-order valence-corrected chi connectivity index (χ3v) is 17.6. The third kappa shape index (κ3) is 18.3. The van der Waals surface area contributed by atoms with Crippen LogP contribution in [-0.2, 0) is 60.7 Å². The molecule has 5 fully saturated rings. The summed E-state index contributed by atoms with van der Waals surface area (Å²) in [5, 5.41) is 176. The van der Waals surface area contributed by atoms with Crippen molar-refractivity contribution < 1.29 is 128 Å². The van der Waals surface area contributed by atoms with Gasteiger partial charge in [0.25, 0.3) is 0 Å². The fraction of sp³-hybridized carbons (Fsp3) is 0.597. The lowest BCUT2D eigenvalue weighted by Crippen LogP contribution is -2.69. The summed E-state index contributed by atoms with van der Waals surface area (Å²) < 4.78 is 45.9. The Labute approximate surface area is 566 Å². The topological polar surface area (TPSA) is 583 Å². The maximum atomic E-state index is 15.0. The number of aliphatic hydroxyl groups is 13. The quantitative estimate of drug-likeness (QED) is 0.0276. The van der Waals surface area contributed by atoms with Crippen molar-refractivity contribution >= 4 is 41.8 Å². The second-order valence-corrected chi connectivity index (χ2v) is 24.3. The van der Waals surface area contributed by atoms with Crippen LogP contribution in [-0.4, -0.2) is 313 Å². The van der Waals surface area contributed by atoms with Crippen molar-refractivity contribution in [3.05, 3.63) is 89.5 Å². The zero-order valence-electron chi connectivity index (χ0n) is 53.9. The van der Waals surface area contributed by atoms with Crippen LogP contribution in [0.3, 0.4) is 0 Å². The molecule has 37 heteroatoms. The highest BCUT2D eigenvalue weighted by atomic mass is 16.7. The SMILES string of the molecule is CCOc1cc(COCC2OC(OC3C(CO)OC(Oc4ccc(CC(NC(=O)C(N)C(C)c5ccccc5)C(=O)NC(C(=O)NC(C(=O)NC([C]=O)CO)C(O)C5CNC(=N)N5C5OC(CO)C(O)C(O)C5O)C(O)C5CNC(=N)N5)cc4)C(O)C3O)C(O)C(O)C2O)ccc1OC. The number of ether oxygens (including phenoxy) is 8. The highest BCUT2D eigenvalue weighted by Crippen LogP contribution is 2.34. The first-order valence-corrected chi connectivity index (χ1v) is 31.8. The van der Waals surface area contributed by atoms with E-state index < -0.39 is 215 Å². The van der Waals surface area contributed by atoms with Crippen LogP contribution in [0.1, 0.15) is 36.5 Å². The Balaban J connectivity index is 1.00. The van der Waals surface area contributed by atoms with Gasteiger partial charge in [-0.25, -0.2) is 0 Å². The van der Waals surface area contributed by atoms with Crippen LogP contribution in [0.5, 0.6) is 17.2 Å². The first-order valence-electron chi connectivity index (χ1n) is 31.8. The number of carbonyl (C=O) groups excluding carboxylic acids is 5. The smallest absolute Gasteiger partial charge is 0.246 e. The molecule has 8 rings (SSSR count). The number of benzene rings is 3. The molecule has 5 aliphatic heterocycles. The van der Waals surface area contributed by atoms with Gasteiger partial charge in [-0.15, -0.1) is 0 Å². The molecule has 0 spiro atoms. The first kappa shape index (κ1) is 77.1. The van der Waals surface area contributed by atoms with Crippen molar-refractivity contribution in [2.45, 2.75) is 179 Å². The highest BCUT2D eigenvalue weighted by molar-refractivity contribution is 5.96. The summed E-state index contributed by atoms with van der Waals surface area (Å²) >= 11 is 0. The average molecular weight is 1400 g/mol. The average Bonchev–Trinajstić information content (AvgIpc) is 1.74. The molecule has 0 aliphatic carbocycles. The summed E-state index contributed by atoms with van der Waals surface area (Å²) in [6.07, 6.45) is -30.0. The number of amides is 4. The molecule has 0 bridgehead atoms. The Kier molecular flexibility index (Phi) is 27.4. The minimum absolute atomic E-state index is 0.0154. The number of nitrogens with zero attached hydrogens (tertiary/aromatic N) is 1. The standard InChI is InChI=1S/C62H88N11O26/c1-4-94-36-17-28(12-15-35(36)92-3)24-93-25-39-46(81)48(83)51(86)60(98-39)99-53-38(23-77)97-59(52(87)49(53)84)95-31-13-10-27(11-14-31)16-32(69-55(89)40(63)26(2)29-8-6-5-7-9-29)54(88)71-41(43(78)33-18-66-61(64)70-33)57(91)72-42(56(90)68-30(20-74)21-75)44(79)34-19-67-62(65)73(34)58-50(85)47(82)45(80)37(22-76)96-58/h5-15,17,26,30,32-34,37-53,58-60,74,76-87H,4,16,18-20,22-25,63H2,1-3H3,(H2,65,67)(H,68,90)(H,69,89)(H,71,88)(H,72,91)(H3,64,66,70). The molecule has 25 atom stereocenters. The second-order valence-electron chi connectivity index (χ2n) is 24.3. The van der Waals surface area contributed by atoms with Gasteiger partial charge in [-0.1, -0.05) is 55.5 Å². The molecule has 24 N–H and O–H groups in total. The zero-order valence-corrected chi connectivity index (χ0v) is 53.9. The number of nitrogens with one attached hydrogen (secondary N) is 9. The molecule has 3 aromatic rings. The number of nitrogens with two attached hydrogens (primary N) is 1. The molecule has 547 valence electrons. The summed E-state index contributed by atoms with van der Waals surface area (Å²) in [6.45, 7) is -0.0628. The Morgan fingerprint density at radius 1 is 0.697 bits per heavy atom. The summed E-state index contributed by atoms with van der Waals surface area (Å²) in [6, 6.07) is 6.94. The van der Waals surface area contributed by atoms with Crippen molar-refractivity contribution in [2.75, 3.05) is 53.2 Å². The second kappa shape index (κ2) is 35.1. The Hall–Kier alpha value is -7.61. The lowest BCUT2D eigenvalue weighted by molar-refractivity contribution is -0.353. The van der Waals surface area contributed by atoms with Gasteiger partial charge in [-0.3, -0.25) is 34.8 Å². The molecule has 25 unspecified atom stereocenters. The summed E-state index contributed by atoms with van der Waals surface area (Å²) in [5.74, 6) is -5.61. The largest absolute Gasteiger partial charge is 0.493 e. The molecule has 4 amide bonds. The first-order chi connectivity index (χ1) is 47.3. The van der Waals surface area contributed by atoms with Crippen LogP contribution >= 0.6 is 0 Å². The van der Waals surface area contributed by atoms with E-state index >= 15 is 0 Å². The number of hydrogen-bond donors (Lipinski definition) is 23. The van der Waals surface area contributed by atoms with Gasteiger partial charge in [0.05, 0.1) is 64.9 Å². The third-order valence-electron chi connectivity index (χ3n) is 17.6. The van der Waals surface area contributed by atoms with Crippen molar-refractivity contribution in [2.24, 2.45) is 5.73 Å². The molecule has 1 radical (unpaired) electrons. The van der Waals surface area contributed by atoms with E-state index in [4.69, 9.17) is 54.4 Å².